The summed E-state index contributed by atoms with van der Waals surface area (Å²) < 4.78 is 7.61. The number of carbonyl (C=O) groups excluding carboxylic acids is 2. The minimum atomic E-state index is -0.143. The van der Waals surface area contributed by atoms with Gasteiger partial charge >= 0.3 is 0 Å². The number of amides is 1. The van der Waals surface area contributed by atoms with Gasteiger partial charge in [0.15, 0.2) is 5.78 Å². The van der Waals surface area contributed by atoms with E-state index in [0.717, 1.165) is 12.8 Å². The number of fused-ring (bicyclic) bond motifs is 1. The van der Waals surface area contributed by atoms with Crippen LogP contribution in [-0.4, -0.2) is 56.9 Å². The van der Waals surface area contributed by atoms with Crippen molar-refractivity contribution in [2.75, 3.05) is 25.5 Å². The molecule has 1 aliphatic carbocycles. The highest BCUT2D eigenvalue weighted by Gasteiger charge is 2.38. The number of hydrogen-bond acceptors (Lipinski definition) is 6. The van der Waals surface area contributed by atoms with Gasteiger partial charge in [-0.25, -0.2) is 9.97 Å². The molecule has 2 aliphatic rings. The lowest BCUT2D eigenvalue weighted by Gasteiger charge is -2.22. The zero-order valence-corrected chi connectivity index (χ0v) is 17.9. The summed E-state index contributed by atoms with van der Waals surface area (Å²) in [5, 5.41) is 0.532. The SMILES string of the molecule is C=CC(=O)N1CC(n2c(C#CC3CC3)c(C(C)=O)c3c(N)ncnc32)CC1COCC. The second kappa shape index (κ2) is 8.52. The van der Waals surface area contributed by atoms with E-state index in [1.807, 2.05) is 11.5 Å². The molecule has 0 spiro atoms. The Hall–Kier alpha value is -3.18. The molecule has 2 N–H and O–H groups in total. The van der Waals surface area contributed by atoms with Gasteiger partial charge in [-0.15, -0.1) is 0 Å². The van der Waals surface area contributed by atoms with Crippen molar-refractivity contribution in [3.63, 3.8) is 0 Å². The van der Waals surface area contributed by atoms with Crippen LogP contribution >= 0.6 is 0 Å². The van der Waals surface area contributed by atoms with E-state index in [4.69, 9.17) is 10.5 Å². The molecule has 8 heteroatoms. The van der Waals surface area contributed by atoms with E-state index in [1.165, 1.54) is 19.3 Å². The summed E-state index contributed by atoms with van der Waals surface area (Å²) in [5.74, 6) is 6.86. The molecule has 0 aromatic carbocycles. The zero-order valence-electron chi connectivity index (χ0n) is 17.9. The number of nitrogen functional groups attached to an aromatic ring is 1. The third-order valence-electron chi connectivity index (χ3n) is 5.87. The van der Waals surface area contributed by atoms with Gasteiger partial charge in [0, 0.05) is 19.1 Å². The van der Waals surface area contributed by atoms with Crippen LogP contribution in [0.2, 0.25) is 0 Å². The lowest BCUT2D eigenvalue weighted by molar-refractivity contribution is -0.127. The third kappa shape index (κ3) is 3.93. The first kappa shape index (κ1) is 21.1. The van der Waals surface area contributed by atoms with Gasteiger partial charge < -0.3 is 19.9 Å². The fourth-order valence-corrected chi connectivity index (χ4v) is 4.25. The summed E-state index contributed by atoms with van der Waals surface area (Å²) in [6, 6.07) is -0.222. The van der Waals surface area contributed by atoms with Crippen molar-refractivity contribution in [3.05, 3.63) is 30.2 Å². The molecule has 0 bridgehead atoms. The molecular formula is C23H27N5O3. The van der Waals surface area contributed by atoms with Crippen molar-refractivity contribution in [2.45, 2.75) is 45.2 Å². The Morgan fingerprint density at radius 1 is 1.39 bits per heavy atom. The highest BCUT2D eigenvalue weighted by Crippen LogP contribution is 2.37. The number of ether oxygens (including phenoxy) is 1. The Labute approximate surface area is 181 Å². The molecule has 31 heavy (non-hydrogen) atoms. The summed E-state index contributed by atoms with van der Waals surface area (Å²) in [7, 11) is 0. The maximum atomic E-state index is 12.7. The fraction of sp³-hybridized carbons (Fsp3) is 0.478. The highest BCUT2D eigenvalue weighted by molar-refractivity contribution is 6.11. The van der Waals surface area contributed by atoms with Crippen molar-refractivity contribution < 1.29 is 14.3 Å². The van der Waals surface area contributed by atoms with E-state index in [0.29, 0.717) is 54.4 Å². The Balaban J connectivity index is 1.86. The van der Waals surface area contributed by atoms with E-state index in [9.17, 15) is 9.59 Å². The van der Waals surface area contributed by atoms with Gasteiger partial charge in [0.2, 0.25) is 5.91 Å². The summed E-state index contributed by atoms with van der Waals surface area (Å²) in [6.45, 7) is 8.53. The van der Waals surface area contributed by atoms with Crippen LogP contribution in [-0.2, 0) is 9.53 Å². The average Bonchev–Trinajstić information content (AvgIpc) is 3.39. The first-order chi connectivity index (χ1) is 15.0. The monoisotopic (exact) mass is 421 g/mol. The van der Waals surface area contributed by atoms with Gasteiger partial charge in [-0.3, -0.25) is 9.59 Å². The third-order valence-corrected chi connectivity index (χ3v) is 5.87. The predicted octanol–water partition coefficient (Wildman–Crippen LogP) is 2.34. The molecule has 2 aromatic heterocycles. The largest absolute Gasteiger partial charge is 0.383 e. The van der Waals surface area contributed by atoms with Crippen molar-refractivity contribution in [1.82, 2.24) is 19.4 Å². The number of likely N-dealkylation sites (tertiary alicyclic amines) is 1. The van der Waals surface area contributed by atoms with Crippen LogP contribution in [0.25, 0.3) is 11.0 Å². The number of Topliss-reactive ketones (excluding diaryl/α,β-unsaturated/α-hetero) is 1. The highest BCUT2D eigenvalue weighted by atomic mass is 16.5. The Bertz CT molecular complexity index is 1110. The van der Waals surface area contributed by atoms with Crippen molar-refractivity contribution in [3.8, 4) is 11.8 Å². The van der Waals surface area contributed by atoms with E-state index in [1.54, 1.807) is 4.90 Å². The minimum absolute atomic E-state index is 0.0999. The van der Waals surface area contributed by atoms with Crippen LogP contribution in [0, 0.1) is 17.8 Å². The van der Waals surface area contributed by atoms with Gasteiger partial charge in [-0.05, 0) is 45.1 Å². The number of nitrogens with zero attached hydrogens (tertiary/aromatic N) is 4. The topological polar surface area (TPSA) is 103 Å². The van der Waals surface area contributed by atoms with Crippen LogP contribution < -0.4 is 5.73 Å². The summed E-state index contributed by atoms with van der Waals surface area (Å²) in [6.07, 6.45) is 5.53. The van der Waals surface area contributed by atoms with E-state index < -0.39 is 0 Å². The second-order valence-electron chi connectivity index (χ2n) is 8.05. The lowest BCUT2D eigenvalue weighted by atomic mass is 10.1. The number of nitrogens with two attached hydrogens (primary N) is 1. The molecule has 4 rings (SSSR count). The van der Waals surface area contributed by atoms with Crippen LogP contribution in [0.4, 0.5) is 5.82 Å². The van der Waals surface area contributed by atoms with Gasteiger partial charge in [-0.1, -0.05) is 12.5 Å². The fourth-order valence-electron chi connectivity index (χ4n) is 4.25. The van der Waals surface area contributed by atoms with Gasteiger partial charge in [-0.2, -0.15) is 0 Å². The van der Waals surface area contributed by atoms with Crippen molar-refractivity contribution in [2.24, 2.45) is 5.92 Å². The van der Waals surface area contributed by atoms with Gasteiger partial charge in [0.05, 0.1) is 29.6 Å². The molecule has 2 unspecified atom stereocenters. The number of hydrogen-bond donors (Lipinski definition) is 1. The molecule has 1 amide bonds. The average molecular weight is 422 g/mol. The molecule has 1 aliphatic heterocycles. The zero-order chi connectivity index (χ0) is 22.1. The molecule has 2 atom stereocenters. The van der Waals surface area contributed by atoms with Crippen molar-refractivity contribution in [1.29, 1.82) is 0 Å². The Morgan fingerprint density at radius 2 is 2.16 bits per heavy atom. The first-order valence-corrected chi connectivity index (χ1v) is 10.6. The Kier molecular flexibility index (Phi) is 5.79. The molecule has 0 radical (unpaired) electrons. The number of anilines is 1. The van der Waals surface area contributed by atoms with Crippen LogP contribution in [0.5, 0.6) is 0 Å². The second-order valence-corrected chi connectivity index (χ2v) is 8.05. The number of rotatable bonds is 6. The maximum absolute atomic E-state index is 12.7. The van der Waals surface area contributed by atoms with E-state index in [-0.39, 0.29) is 29.6 Å². The molecule has 3 heterocycles. The maximum Gasteiger partial charge on any atom is 0.246 e. The quantitative estimate of drug-likeness (QED) is 0.436. The number of carbonyl (C=O) groups is 2. The molecule has 8 nitrogen and oxygen atoms in total. The van der Waals surface area contributed by atoms with Gasteiger partial charge in [0.1, 0.15) is 23.5 Å². The number of aromatic nitrogens is 3. The normalized spacial score (nSPS) is 20.5. The number of ketones is 1. The lowest BCUT2D eigenvalue weighted by Crippen LogP contribution is -2.37. The molecule has 162 valence electrons. The predicted molar refractivity (Wildman–Crippen MR) is 117 cm³/mol. The van der Waals surface area contributed by atoms with Crippen LogP contribution in [0.15, 0.2) is 19.0 Å². The summed E-state index contributed by atoms with van der Waals surface area (Å²) in [4.78, 5) is 35.5. The summed E-state index contributed by atoms with van der Waals surface area (Å²) in [5.41, 5.74) is 7.81. The standard InChI is InChI=1S/C23H27N5O3/c1-4-19(30)27-11-16(10-17(27)12-31-5-2)28-18(9-8-15-6-7-15)20(14(3)29)21-22(24)25-13-26-23(21)28/h4,13,15-17H,1,5-7,10-12H2,2-3H3,(H2,24,25,26). The van der Waals surface area contributed by atoms with E-state index in [2.05, 4.69) is 28.4 Å². The Morgan fingerprint density at radius 3 is 2.81 bits per heavy atom. The summed E-state index contributed by atoms with van der Waals surface area (Å²) >= 11 is 0. The molecule has 2 fully saturated rings. The van der Waals surface area contributed by atoms with E-state index >= 15 is 0 Å². The van der Waals surface area contributed by atoms with Crippen LogP contribution in [0.3, 0.4) is 0 Å². The molecule has 1 saturated carbocycles. The molecule has 1 saturated heterocycles. The van der Waals surface area contributed by atoms with Gasteiger partial charge in [0.25, 0.3) is 0 Å². The van der Waals surface area contributed by atoms with Crippen molar-refractivity contribution >= 4 is 28.5 Å². The molecule has 2 aromatic rings. The molecular weight excluding hydrogens is 394 g/mol. The minimum Gasteiger partial charge on any atom is -0.383 e. The van der Waals surface area contributed by atoms with Crippen LogP contribution in [0.1, 0.15) is 55.2 Å². The smallest absolute Gasteiger partial charge is 0.246 e. The first-order valence-electron chi connectivity index (χ1n) is 10.6.